The second-order valence-corrected chi connectivity index (χ2v) is 4.58. The Hall–Kier alpha value is -0.640. The number of hydrogen-bond donors (Lipinski definition) is 0. The second-order valence-electron chi connectivity index (χ2n) is 3.56. The summed E-state index contributed by atoms with van der Waals surface area (Å²) in [4.78, 5) is 4.50. The fourth-order valence-electron chi connectivity index (χ4n) is 1.55. The standard InChI is InChI=1S/C12H12IN/c1-9-7-11(12(13)14-8-9)10-5-3-2-4-6-10/h2-7,9H,8H2,1H3. The van der Waals surface area contributed by atoms with Gasteiger partial charge >= 0.3 is 0 Å². The highest BCUT2D eigenvalue weighted by Gasteiger charge is 2.12. The van der Waals surface area contributed by atoms with Crippen LogP contribution in [0.5, 0.6) is 0 Å². The quantitative estimate of drug-likeness (QED) is 0.703. The molecule has 0 bridgehead atoms. The molecular weight excluding hydrogens is 285 g/mol. The van der Waals surface area contributed by atoms with Crippen molar-refractivity contribution in [2.24, 2.45) is 10.9 Å². The van der Waals surface area contributed by atoms with E-state index in [2.05, 4.69) is 64.8 Å². The summed E-state index contributed by atoms with van der Waals surface area (Å²) in [6, 6.07) is 10.5. The van der Waals surface area contributed by atoms with Gasteiger partial charge in [0.1, 0.15) is 3.72 Å². The van der Waals surface area contributed by atoms with E-state index in [-0.39, 0.29) is 0 Å². The number of dihydropyridines is 1. The molecule has 0 amide bonds. The van der Waals surface area contributed by atoms with Crippen molar-refractivity contribution in [3.8, 4) is 0 Å². The van der Waals surface area contributed by atoms with Crippen LogP contribution in [0.4, 0.5) is 0 Å². The van der Waals surface area contributed by atoms with E-state index in [9.17, 15) is 0 Å². The Morgan fingerprint density at radius 1 is 1.29 bits per heavy atom. The van der Waals surface area contributed by atoms with Crippen LogP contribution in [0.3, 0.4) is 0 Å². The molecule has 1 aliphatic heterocycles. The van der Waals surface area contributed by atoms with Crippen molar-refractivity contribution in [3.63, 3.8) is 0 Å². The van der Waals surface area contributed by atoms with Gasteiger partial charge in [0.15, 0.2) is 0 Å². The molecule has 0 N–H and O–H groups in total. The Labute approximate surface area is 98.1 Å². The van der Waals surface area contributed by atoms with Crippen molar-refractivity contribution in [2.75, 3.05) is 6.54 Å². The van der Waals surface area contributed by atoms with E-state index in [0.29, 0.717) is 5.92 Å². The Morgan fingerprint density at radius 2 is 2.00 bits per heavy atom. The largest absolute Gasteiger partial charge is 0.278 e. The molecule has 72 valence electrons. The van der Waals surface area contributed by atoms with Gasteiger partial charge in [-0.2, -0.15) is 0 Å². The Bertz CT molecular complexity index is 379. The third-order valence-electron chi connectivity index (χ3n) is 2.28. The molecule has 0 radical (unpaired) electrons. The minimum absolute atomic E-state index is 0.559. The molecule has 1 heterocycles. The average Bonchev–Trinajstić information content (AvgIpc) is 2.23. The number of halogens is 1. The number of rotatable bonds is 1. The molecule has 0 aromatic heterocycles. The number of aliphatic imine (C=N–C) groups is 1. The molecule has 1 nitrogen and oxygen atoms in total. The maximum absolute atomic E-state index is 4.50. The third kappa shape index (κ3) is 2.05. The summed E-state index contributed by atoms with van der Waals surface area (Å²) in [7, 11) is 0. The van der Waals surface area contributed by atoms with Crippen LogP contribution < -0.4 is 0 Å². The maximum atomic E-state index is 4.50. The molecule has 1 unspecified atom stereocenters. The van der Waals surface area contributed by atoms with Crippen LogP contribution in [0.15, 0.2) is 41.4 Å². The zero-order valence-electron chi connectivity index (χ0n) is 8.07. The molecule has 0 fully saturated rings. The van der Waals surface area contributed by atoms with E-state index in [1.807, 2.05) is 6.07 Å². The minimum atomic E-state index is 0.559. The predicted molar refractivity (Wildman–Crippen MR) is 69.9 cm³/mol. The highest BCUT2D eigenvalue weighted by atomic mass is 127. The van der Waals surface area contributed by atoms with Gasteiger partial charge in [-0.3, -0.25) is 4.99 Å². The summed E-state index contributed by atoms with van der Waals surface area (Å²) in [6.07, 6.45) is 2.31. The van der Waals surface area contributed by atoms with Crippen LogP contribution in [0, 0.1) is 5.92 Å². The van der Waals surface area contributed by atoms with Crippen LogP contribution in [-0.2, 0) is 0 Å². The molecule has 0 spiro atoms. The first-order valence-electron chi connectivity index (χ1n) is 4.75. The minimum Gasteiger partial charge on any atom is -0.278 e. The fourth-order valence-corrected chi connectivity index (χ4v) is 2.24. The number of hydrogen-bond acceptors (Lipinski definition) is 1. The van der Waals surface area contributed by atoms with Crippen molar-refractivity contribution >= 4 is 31.9 Å². The lowest BCUT2D eigenvalue weighted by Gasteiger charge is -2.15. The second kappa shape index (κ2) is 4.26. The summed E-state index contributed by atoms with van der Waals surface area (Å²) < 4.78 is 1.13. The maximum Gasteiger partial charge on any atom is 0.103 e. The van der Waals surface area contributed by atoms with E-state index < -0.39 is 0 Å². The van der Waals surface area contributed by atoms with Crippen LogP contribution in [0.1, 0.15) is 12.5 Å². The van der Waals surface area contributed by atoms with Crippen molar-refractivity contribution < 1.29 is 0 Å². The average molecular weight is 297 g/mol. The summed E-state index contributed by atoms with van der Waals surface area (Å²) in [6.45, 7) is 3.13. The van der Waals surface area contributed by atoms with E-state index in [0.717, 1.165) is 10.3 Å². The Morgan fingerprint density at radius 3 is 2.71 bits per heavy atom. The van der Waals surface area contributed by atoms with Gasteiger partial charge in [-0.1, -0.05) is 43.3 Å². The van der Waals surface area contributed by atoms with E-state index in [1.165, 1.54) is 11.1 Å². The fraction of sp³-hybridized carbons (Fsp3) is 0.250. The zero-order valence-corrected chi connectivity index (χ0v) is 10.2. The van der Waals surface area contributed by atoms with Crippen LogP contribution in [0.2, 0.25) is 0 Å². The normalized spacial score (nSPS) is 21.4. The third-order valence-corrected chi connectivity index (χ3v) is 3.20. The van der Waals surface area contributed by atoms with Gasteiger partial charge in [-0.05, 0) is 34.1 Å². The van der Waals surface area contributed by atoms with Crippen molar-refractivity contribution in [3.05, 3.63) is 42.0 Å². The summed E-state index contributed by atoms with van der Waals surface area (Å²) in [5.74, 6) is 0.559. The van der Waals surface area contributed by atoms with Crippen molar-refractivity contribution in [2.45, 2.75) is 6.92 Å². The van der Waals surface area contributed by atoms with Gasteiger partial charge in [-0.25, -0.2) is 0 Å². The van der Waals surface area contributed by atoms with Gasteiger partial charge in [-0.15, -0.1) is 0 Å². The van der Waals surface area contributed by atoms with Gasteiger partial charge < -0.3 is 0 Å². The molecule has 2 rings (SSSR count). The molecule has 0 saturated carbocycles. The van der Waals surface area contributed by atoms with Crippen LogP contribution >= 0.6 is 22.6 Å². The van der Waals surface area contributed by atoms with Crippen LogP contribution in [-0.4, -0.2) is 10.3 Å². The molecule has 2 heteroatoms. The van der Waals surface area contributed by atoms with Gasteiger partial charge in [0, 0.05) is 12.1 Å². The smallest absolute Gasteiger partial charge is 0.103 e. The lowest BCUT2D eigenvalue weighted by molar-refractivity contribution is 0.739. The monoisotopic (exact) mass is 297 g/mol. The first-order chi connectivity index (χ1) is 6.77. The van der Waals surface area contributed by atoms with Gasteiger partial charge in [0.05, 0.1) is 0 Å². The lowest BCUT2D eigenvalue weighted by Crippen LogP contribution is -2.07. The molecule has 1 aliphatic rings. The Kier molecular flexibility index (Phi) is 3.01. The highest BCUT2D eigenvalue weighted by molar-refractivity contribution is 14.1. The number of benzene rings is 1. The molecule has 1 aromatic rings. The van der Waals surface area contributed by atoms with Gasteiger partial charge in [0.2, 0.25) is 0 Å². The highest BCUT2D eigenvalue weighted by Crippen LogP contribution is 2.25. The molecular formula is C12H12IN. The summed E-state index contributed by atoms with van der Waals surface area (Å²) in [5.41, 5.74) is 2.55. The van der Waals surface area contributed by atoms with Crippen LogP contribution in [0.25, 0.3) is 5.57 Å². The first-order valence-corrected chi connectivity index (χ1v) is 5.83. The topological polar surface area (TPSA) is 12.4 Å². The SMILES string of the molecule is CC1C=C(c2ccccc2)C(I)=NC1. The molecule has 0 saturated heterocycles. The molecule has 1 aromatic carbocycles. The zero-order chi connectivity index (χ0) is 9.97. The first kappa shape index (κ1) is 9.90. The summed E-state index contributed by atoms with van der Waals surface area (Å²) >= 11 is 2.31. The molecule has 1 atom stereocenters. The predicted octanol–water partition coefficient (Wildman–Crippen LogP) is 3.55. The number of nitrogens with zero attached hydrogens (tertiary/aromatic N) is 1. The molecule has 0 aliphatic carbocycles. The van der Waals surface area contributed by atoms with E-state index >= 15 is 0 Å². The van der Waals surface area contributed by atoms with Gasteiger partial charge in [0.25, 0.3) is 0 Å². The number of allylic oxidation sites excluding steroid dienone is 1. The van der Waals surface area contributed by atoms with Crippen molar-refractivity contribution in [1.29, 1.82) is 0 Å². The van der Waals surface area contributed by atoms with Crippen molar-refractivity contribution in [1.82, 2.24) is 0 Å². The molecule has 14 heavy (non-hydrogen) atoms. The van der Waals surface area contributed by atoms with E-state index in [1.54, 1.807) is 0 Å². The summed E-state index contributed by atoms with van der Waals surface area (Å²) in [5, 5.41) is 0. The Balaban J connectivity index is 2.39. The lowest BCUT2D eigenvalue weighted by atomic mass is 10.00. The van der Waals surface area contributed by atoms with E-state index in [4.69, 9.17) is 0 Å².